The molecule has 15 heavy (non-hydrogen) atoms. The molecule has 2 nitrogen and oxygen atoms in total. The zero-order valence-corrected chi connectivity index (χ0v) is 11.2. The molecule has 1 aromatic rings. The third-order valence-electron chi connectivity index (χ3n) is 1.81. The van der Waals surface area contributed by atoms with Gasteiger partial charge >= 0.3 is 0 Å². The van der Waals surface area contributed by atoms with Gasteiger partial charge < -0.3 is 10.5 Å². The number of rotatable bonds is 6. The van der Waals surface area contributed by atoms with E-state index in [0.29, 0.717) is 6.61 Å². The summed E-state index contributed by atoms with van der Waals surface area (Å²) in [5, 5.41) is 0. The zero-order chi connectivity index (χ0) is 11.1. The fourth-order valence-electron chi connectivity index (χ4n) is 1.05. The number of hydrogen-bond acceptors (Lipinski definition) is 3. The molecule has 0 heterocycles. The predicted octanol–water partition coefficient (Wildman–Crippen LogP) is 2.91. The molecular weight excluding hydrogens is 274 g/mol. The average molecular weight is 290 g/mol. The third kappa shape index (κ3) is 5.56. The zero-order valence-electron chi connectivity index (χ0n) is 8.78. The molecule has 0 spiro atoms. The molecule has 0 saturated carbocycles. The molecule has 1 aromatic carbocycles. The molecule has 0 bridgehead atoms. The molecule has 0 aromatic heterocycles. The van der Waals surface area contributed by atoms with Crippen molar-refractivity contribution in [3.63, 3.8) is 0 Å². The van der Waals surface area contributed by atoms with Gasteiger partial charge in [-0.15, -0.1) is 11.8 Å². The van der Waals surface area contributed by atoms with Crippen molar-refractivity contribution in [2.75, 3.05) is 19.0 Å². The van der Waals surface area contributed by atoms with E-state index in [1.807, 2.05) is 19.1 Å². The highest BCUT2D eigenvalue weighted by Gasteiger charge is 2.03. The van der Waals surface area contributed by atoms with Crippen molar-refractivity contribution in [3.05, 3.63) is 28.7 Å². The van der Waals surface area contributed by atoms with Crippen LogP contribution < -0.4 is 5.73 Å². The molecule has 0 aliphatic rings. The molecule has 1 unspecified atom stereocenters. The standard InChI is InChI=1S/C11H16BrNOS/c1-2-14-7-10(13)8-15-11-5-3-9(12)4-6-11/h3-6,10H,2,7-8,13H2,1H3. The van der Waals surface area contributed by atoms with Gasteiger partial charge in [0.1, 0.15) is 0 Å². The van der Waals surface area contributed by atoms with E-state index in [-0.39, 0.29) is 6.04 Å². The van der Waals surface area contributed by atoms with Gasteiger partial charge in [-0.1, -0.05) is 15.9 Å². The molecule has 0 saturated heterocycles. The lowest BCUT2D eigenvalue weighted by molar-refractivity contribution is 0.138. The molecule has 0 radical (unpaired) electrons. The number of ether oxygens (including phenoxy) is 1. The van der Waals surface area contributed by atoms with E-state index in [1.54, 1.807) is 11.8 Å². The molecule has 0 amide bonds. The van der Waals surface area contributed by atoms with Crippen LogP contribution in [0.5, 0.6) is 0 Å². The number of nitrogens with two attached hydrogens (primary N) is 1. The molecule has 4 heteroatoms. The normalized spacial score (nSPS) is 12.7. The first-order valence-corrected chi connectivity index (χ1v) is 6.72. The lowest BCUT2D eigenvalue weighted by atomic mass is 10.4. The van der Waals surface area contributed by atoms with Gasteiger partial charge in [-0.3, -0.25) is 0 Å². The minimum absolute atomic E-state index is 0.110. The predicted molar refractivity (Wildman–Crippen MR) is 69.3 cm³/mol. The molecule has 0 aliphatic heterocycles. The summed E-state index contributed by atoms with van der Waals surface area (Å²) in [5.41, 5.74) is 5.88. The molecule has 84 valence electrons. The first-order valence-electron chi connectivity index (χ1n) is 4.94. The number of benzene rings is 1. The van der Waals surface area contributed by atoms with E-state index in [1.165, 1.54) is 4.90 Å². The van der Waals surface area contributed by atoms with Crippen molar-refractivity contribution < 1.29 is 4.74 Å². The fraction of sp³-hybridized carbons (Fsp3) is 0.455. The Morgan fingerprint density at radius 3 is 2.67 bits per heavy atom. The fourth-order valence-corrected chi connectivity index (χ4v) is 2.15. The molecule has 1 rings (SSSR count). The second-order valence-corrected chi connectivity index (χ2v) is 5.19. The lowest BCUT2D eigenvalue weighted by Gasteiger charge is -2.10. The van der Waals surface area contributed by atoms with Crippen molar-refractivity contribution in [3.8, 4) is 0 Å². The summed E-state index contributed by atoms with van der Waals surface area (Å²) in [5.74, 6) is 0.891. The van der Waals surface area contributed by atoms with Crippen LogP contribution in [0, 0.1) is 0 Å². The number of hydrogen-bond donors (Lipinski definition) is 1. The van der Waals surface area contributed by atoms with Crippen LogP contribution in [-0.4, -0.2) is 25.0 Å². The van der Waals surface area contributed by atoms with Gasteiger partial charge in [0, 0.05) is 27.8 Å². The summed E-state index contributed by atoms with van der Waals surface area (Å²) in [6.07, 6.45) is 0. The van der Waals surface area contributed by atoms with Crippen LogP contribution in [0.4, 0.5) is 0 Å². The molecule has 0 aliphatic carbocycles. The van der Waals surface area contributed by atoms with Crippen LogP contribution in [-0.2, 0) is 4.74 Å². The van der Waals surface area contributed by atoms with Gasteiger partial charge in [0.25, 0.3) is 0 Å². The van der Waals surface area contributed by atoms with Crippen molar-refractivity contribution in [1.82, 2.24) is 0 Å². The SMILES string of the molecule is CCOCC(N)CSc1ccc(Br)cc1. The van der Waals surface area contributed by atoms with Gasteiger partial charge in [0.15, 0.2) is 0 Å². The van der Waals surface area contributed by atoms with Crippen molar-refractivity contribution in [1.29, 1.82) is 0 Å². The summed E-state index contributed by atoms with van der Waals surface area (Å²) < 4.78 is 6.36. The minimum Gasteiger partial charge on any atom is -0.380 e. The van der Waals surface area contributed by atoms with Crippen molar-refractivity contribution >= 4 is 27.7 Å². The maximum absolute atomic E-state index is 5.88. The first kappa shape index (κ1) is 13.0. The van der Waals surface area contributed by atoms with Crippen LogP contribution in [0.25, 0.3) is 0 Å². The molecular formula is C11H16BrNOS. The highest BCUT2D eigenvalue weighted by molar-refractivity contribution is 9.10. The van der Waals surface area contributed by atoms with Crippen LogP contribution >= 0.6 is 27.7 Å². The second kappa shape index (κ2) is 7.28. The summed E-state index contributed by atoms with van der Waals surface area (Å²) >= 11 is 5.17. The highest BCUT2D eigenvalue weighted by atomic mass is 79.9. The van der Waals surface area contributed by atoms with Crippen LogP contribution in [0.2, 0.25) is 0 Å². The molecule has 0 fully saturated rings. The quantitative estimate of drug-likeness (QED) is 0.818. The Morgan fingerprint density at radius 1 is 1.40 bits per heavy atom. The molecule has 1 atom stereocenters. The van der Waals surface area contributed by atoms with E-state index in [2.05, 4.69) is 28.1 Å². The summed E-state index contributed by atoms with van der Waals surface area (Å²) in [6, 6.07) is 8.36. The average Bonchev–Trinajstić information content (AvgIpc) is 2.25. The van der Waals surface area contributed by atoms with Gasteiger partial charge in [0.05, 0.1) is 6.61 Å². The largest absolute Gasteiger partial charge is 0.380 e. The number of halogens is 1. The highest BCUT2D eigenvalue weighted by Crippen LogP contribution is 2.20. The Morgan fingerprint density at radius 2 is 2.07 bits per heavy atom. The smallest absolute Gasteiger partial charge is 0.0625 e. The van der Waals surface area contributed by atoms with Gasteiger partial charge in [0.2, 0.25) is 0 Å². The molecule has 2 N–H and O–H groups in total. The van der Waals surface area contributed by atoms with Gasteiger partial charge in [-0.2, -0.15) is 0 Å². The van der Waals surface area contributed by atoms with E-state index in [9.17, 15) is 0 Å². The van der Waals surface area contributed by atoms with E-state index < -0.39 is 0 Å². The Bertz CT molecular complexity index is 278. The first-order chi connectivity index (χ1) is 7.22. The minimum atomic E-state index is 0.110. The maximum Gasteiger partial charge on any atom is 0.0625 e. The van der Waals surface area contributed by atoms with E-state index in [0.717, 1.165) is 16.8 Å². The summed E-state index contributed by atoms with van der Waals surface area (Å²) in [6.45, 7) is 3.35. The Balaban J connectivity index is 2.27. The second-order valence-electron chi connectivity index (χ2n) is 3.18. The monoisotopic (exact) mass is 289 g/mol. The van der Waals surface area contributed by atoms with Crippen molar-refractivity contribution in [2.45, 2.75) is 17.9 Å². The Labute approximate surface area is 104 Å². The number of thioether (sulfide) groups is 1. The third-order valence-corrected chi connectivity index (χ3v) is 3.54. The summed E-state index contributed by atoms with van der Waals surface area (Å²) in [7, 11) is 0. The van der Waals surface area contributed by atoms with Gasteiger partial charge in [-0.25, -0.2) is 0 Å². The Kier molecular flexibility index (Phi) is 6.32. The maximum atomic E-state index is 5.88. The summed E-state index contributed by atoms with van der Waals surface area (Å²) in [4.78, 5) is 1.24. The van der Waals surface area contributed by atoms with Crippen LogP contribution in [0.3, 0.4) is 0 Å². The van der Waals surface area contributed by atoms with Crippen LogP contribution in [0.1, 0.15) is 6.92 Å². The lowest BCUT2D eigenvalue weighted by Crippen LogP contribution is -2.28. The van der Waals surface area contributed by atoms with Gasteiger partial charge in [-0.05, 0) is 31.2 Å². The topological polar surface area (TPSA) is 35.2 Å². The van der Waals surface area contributed by atoms with Crippen LogP contribution in [0.15, 0.2) is 33.6 Å². The van der Waals surface area contributed by atoms with Crippen molar-refractivity contribution in [2.24, 2.45) is 5.73 Å². The van der Waals surface area contributed by atoms with E-state index >= 15 is 0 Å². The Hall–Kier alpha value is -0.0300. The van der Waals surface area contributed by atoms with E-state index in [4.69, 9.17) is 10.5 Å².